The van der Waals surface area contributed by atoms with E-state index in [2.05, 4.69) is 21.1 Å². The number of aryl methyl sites for hydroxylation is 1. The Morgan fingerprint density at radius 2 is 1.70 bits per heavy atom. The number of rotatable bonds is 14. The number of nitrogens with zero attached hydrogens (tertiary/aromatic N) is 2. The van der Waals surface area contributed by atoms with Crippen molar-refractivity contribution in [1.29, 1.82) is 0 Å². The average molecular weight is 744 g/mol. The second-order valence-corrected chi connectivity index (χ2v) is 16.3. The highest BCUT2D eigenvalue weighted by Gasteiger charge is 2.56. The van der Waals surface area contributed by atoms with Crippen LogP contribution in [-0.2, 0) is 28.8 Å². The molecule has 4 amide bonds. The molecule has 290 valence electrons. The predicted octanol–water partition coefficient (Wildman–Crippen LogP) is 3.94. The Bertz CT molecular complexity index is 1820. The summed E-state index contributed by atoms with van der Waals surface area (Å²) in [5.74, 6) is -1.69. The lowest BCUT2D eigenvalue weighted by Gasteiger charge is -2.35. The van der Waals surface area contributed by atoms with Crippen LogP contribution in [0.15, 0.2) is 47.6 Å². The third-order valence-electron chi connectivity index (χ3n) is 11.0. The Labute approximate surface area is 316 Å². The highest BCUT2D eigenvalue weighted by molar-refractivity contribution is 6.38. The Kier molecular flexibility index (Phi) is 11.1. The van der Waals surface area contributed by atoms with Crippen LogP contribution in [0.1, 0.15) is 95.2 Å². The second kappa shape index (κ2) is 15.4. The van der Waals surface area contributed by atoms with Gasteiger partial charge in [0.2, 0.25) is 23.5 Å². The molecule has 0 aromatic heterocycles. The number of amides is 4. The van der Waals surface area contributed by atoms with E-state index in [0.717, 1.165) is 24.0 Å². The fourth-order valence-corrected chi connectivity index (χ4v) is 7.64. The molecule has 54 heavy (non-hydrogen) atoms. The average Bonchev–Trinajstić information content (AvgIpc) is 4.07. The summed E-state index contributed by atoms with van der Waals surface area (Å²) in [5.41, 5.74) is 1.42. The van der Waals surface area contributed by atoms with Crippen LogP contribution in [0.5, 0.6) is 11.5 Å². The van der Waals surface area contributed by atoms with Gasteiger partial charge in [-0.1, -0.05) is 69.6 Å². The highest BCUT2D eigenvalue weighted by Crippen LogP contribution is 2.48. The van der Waals surface area contributed by atoms with Crippen molar-refractivity contribution in [2.75, 3.05) is 20.8 Å². The topological polar surface area (TPSA) is 165 Å². The Morgan fingerprint density at radius 3 is 2.33 bits per heavy atom. The van der Waals surface area contributed by atoms with E-state index in [0.29, 0.717) is 35.6 Å². The molecular weight excluding hydrogens is 690 g/mol. The van der Waals surface area contributed by atoms with Crippen molar-refractivity contribution in [3.05, 3.63) is 59.2 Å². The van der Waals surface area contributed by atoms with Gasteiger partial charge in [-0.3, -0.25) is 24.0 Å². The van der Waals surface area contributed by atoms with E-state index in [1.54, 1.807) is 20.3 Å². The minimum Gasteiger partial charge on any atom is -0.496 e. The highest BCUT2D eigenvalue weighted by atomic mass is 16.7. The van der Waals surface area contributed by atoms with Gasteiger partial charge in [-0.25, -0.2) is 0 Å². The van der Waals surface area contributed by atoms with Crippen LogP contribution in [-0.4, -0.2) is 90.6 Å². The molecule has 0 radical (unpaired) electrons. The zero-order chi connectivity index (χ0) is 38.9. The number of likely N-dealkylation sites (tertiary alicyclic amines) is 1. The number of ketones is 1. The molecule has 3 fully saturated rings. The number of methoxy groups -OCH3 is 2. The number of ether oxygens (including phenoxy) is 2. The van der Waals surface area contributed by atoms with Crippen molar-refractivity contribution in [2.24, 2.45) is 16.5 Å². The van der Waals surface area contributed by atoms with Crippen LogP contribution in [0.2, 0.25) is 0 Å². The largest absolute Gasteiger partial charge is 0.496 e. The summed E-state index contributed by atoms with van der Waals surface area (Å²) in [5, 5.41) is 13.1. The summed E-state index contributed by atoms with van der Waals surface area (Å²) in [6, 6.07) is 10.4. The molecule has 2 aliphatic heterocycles. The van der Waals surface area contributed by atoms with E-state index in [1.807, 2.05) is 71.0 Å². The first-order chi connectivity index (χ1) is 25.7. The smallest absolute Gasteiger partial charge is 0.289 e. The summed E-state index contributed by atoms with van der Waals surface area (Å²) in [7, 11) is 3.14. The van der Waals surface area contributed by atoms with Gasteiger partial charge in [0.15, 0.2) is 5.60 Å². The predicted molar refractivity (Wildman–Crippen MR) is 201 cm³/mol. The zero-order valence-corrected chi connectivity index (χ0v) is 32.3. The Balaban J connectivity index is 1.27. The number of oxime groups is 1. The molecular formula is C41H53N5O8. The monoisotopic (exact) mass is 743 g/mol. The quantitative estimate of drug-likeness (QED) is 0.245. The standard InChI is InChI=1S/C41H53N5O8/c1-8-12-29(34(47)38(50)42-25-15-16-25)43-37(49)31-21-41(20-30(45-54-41)28-17-23(2)32(52-6)19-33(28)53-7)22-46(31)39(51)35(40(3,4)5)44-36(48)27-18-26(27)24-13-10-9-11-14-24/h9-11,13-14,17,19,25-27,29,31,35H,8,12,15-16,18,20-22H2,1-7H3,(H,42,50)(H,43,49)(H,44,48)/t26-,27+,29-,31-,35+,41+/m0/s1. The lowest BCUT2D eigenvalue weighted by atomic mass is 9.85. The van der Waals surface area contributed by atoms with Crippen LogP contribution < -0.4 is 25.4 Å². The first-order valence-electron chi connectivity index (χ1n) is 19.0. The number of nitrogens with one attached hydrogen (secondary N) is 3. The van der Waals surface area contributed by atoms with Gasteiger partial charge in [0.1, 0.15) is 23.6 Å². The van der Waals surface area contributed by atoms with Crippen LogP contribution in [0, 0.1) is 18.3 Å². The molecule has 2 heterocycles. The van der Waals surface area contributed by atoms with Crippen LogP contribution >= 0.6 is 0 Å². The molecule has 0 unspecified atom stereocenters. The molecule has 2 aliphatic carbocycles. The zero-order valence-electron chi connectivity index (χ0n) is 32.3. The number of Topliss-reactive ketones (excluding diaryl/α,β-unsaturated/α-hetero) is 1. The molecule has 3 N–H and O–H groups in total. The van der Waals surface area contributed by atoms with Crippen LogP contribution in [0.3, 0.4) is 0 Å². The maximum Gasteiger partial charge on any atom is 0.289 e. The van der Waals surface area contributed by atoms with Crippen molar-refractivity contribution < 1.29 is 38.3 Å². The summed E-state index contributed by atoms with van der Waals surface area (Å²) in [6.45, 7) is 9.40. The van der Waals surface area contributed by atoms with E-state index in [-0.39, 0.29) is 49.6 Å². The first kappa shape index (κ1) is 38.8. The molecule has 2 saturated carbocycles. The van der Waals surface area contributed by atoms with Crippen molar-refractivity contribution in [2.45, 2.75) is 115 Å². The minimum absolute atomic E-state index is 0.00144. The van der Waals surface area contributed by atoms with Crippen molar-refractivity contribution in [3.63, 3.8) is 0 Å². The fraction of sp³-hybridized carbons (Fsp3) is 0.561. The molecule has 13 heteroatoms. The third kappa shape index (κ3) is 8.24. The molecule has 6 rings (SSSR count). The van der Waals surface area contributed by atoms with E-state index in [1.165, 1.54) is 4.90 Å². The van der Waals surface area contributed by atoms with Gasteiger partial charge in [0.05, 0.1) is 32.5 Å². The number of carbonyl (C=O) groups excluding carboxylic acids is 5. The molecule has 4 aliphatic rings. The van der Waals surface area contributed by atoms with E-state index < -0.39 is 52.6 Å². The van der Waals surface area contributed by atoms with Crippen molar-refractivity contribution in [3.8, 4) is 11.5 Å². The molecule has 2 aromatic rings. The molecule has 1 saturated heterocycles. The maximum absolute atomic E-state index is 14.8. The maximum atomic E-state index is 14.8. The number of carbonyl (C=O) groups is 5. The normalized spacial score (nSPS) is 24.2. The summed E-state index contributed by atoms with van der Waals surface area (Å²) < 4.78 is 11.2. The first-order valence-corrected chi connectivity index (χ1v) is 19.0. The molecule has 13 nitrogen and oxygen atoms in total. The van der Waals surface area contributed by atoms with Gasteiger partial charge in [0, 0.05) is 36.4 Å². The molecule has 6 atom stereocenters. The molecule has 0 bridgehead atoms. The third-order valence-corrected chi connectivity index (χ3v) is 11.0. The van der Waals surface area contributed by atoms with E-state index in [4.69, 9.17) is 14.3 Å². The van der Waals surface area contributed by atoms with Crippen molar-refractivity contribution in [1.82, 2.24) is 20.9 Å². The van der Waals surface area contributed by atoms with Crippen LogP contribution in [0.25, 0.3) is 0 Å². The number of hydrogen-bond acceptors (Lipinski definition) is 9. The van der Waals surface area contributed by atoms with E-state index >= 15 is 0 Å². The molecule has 2 aromatic carbocycles. The minimum atomic E-state index is -1.08. The van der Waals surface area contributed by atoms with Gasteiger partial charge in [0.25, 0.3) is 5.91 Å². The van der Waals surface area contributed by atoms with E-state index in [9.17, 15) is 24.0 Å². The number of benzene rings is 2. The van der Waals surface area contributed by atoms with Gasteiger partial charge in [-0.2, -0.15) is 0 Å². The van der Waals surface area contributed by atoms with Crippen LogP contribution in [0.4, 0.5) is 0 Å². The van der Waals surface area contributed by atoms with Gasteiger partial charge < -0.3 is 35.2 Å². The van der Waals surface area contributed by atoms with Crippen molar-refractivity contribution >= 4 is 35.1 Å². The summed E-state index contributed by atoms with van der Waals surface area (Å²) >= 11 is 0. The summed E-state index contributed by atoms with van der Waals surface area (Å²) in [4.78, 5) is 76.5. The Morgan fingerprint density at radius 1 is 1.00 bits per heavy atom. The lowest BCUT2D eigenvalue weighted by molar-refractivity contribution is -0.145. The fourth-order valence-electron chi connectivity index (χ4n) is 7.64. The van der Waals surface area contributed by atoms with Gasteiger partial charge in [-0.05, 0) is 61.1 Å². The molecule has 1 spiro atoms. The lowest BCUT2D eigenvalue weighted by Crippen LogP contribution is -2.59. The van der Waals surface area contributed by atoms with Gasteiger partial charge in [-0.15, -0.1) is 0 Å². The summed E-state index contributed by atoms with van der Waals surface area (Å²) in [6.07, 6.45) is 3.43. The Hall–Kier alpha value is -4.94. The van der Waals surface area contributed by atoms with Gasteiger partial charge >= 0.3 is 0 Å². The second-order valence-electron chi connectivity index (χ2n) is 16.3. The SMILES string of the molecule is CCC[C@H](NC(=O)[C@@H]1C[C@]2(CC(c3cc(C)c(OC)cc3OC)=NO2)CN1C(=O)[C@@H](NC(=O)[C@@H]1C[C@H]1c1ccccc1)C(C)(C)C)C(=O)C(=O)NC1CC1. The number of hydrogen-bond donors (Lipinski definition) is 3.